The lowest BCUT2D eigenvalue weighted by molar-refractivity contribution is -0.137. The van der Waals surface area contributed by atoms with E-state index in [9.17, 15) is 14.4 Å². The van der Waals surface area contributed by atoms with Crippen LogP contribution in [-0.2, 0) is 19.1 Å². The number of methoxy groups -OCH3 is 1. The first-order valence-electron chi connectivity index (χ1n) is 12.3. The largest absolute Gasteiger partial charge is 0.449 e. The Hall–Kier alpha value is -3.98. The quantitative estimate of drug-likeness (QED) is 0.274. The molecule has 4 heterocycles. The highest BCUT2D eigenvalue weighted by molar-refractivity contribution is 6.25. The second kappa shape index (κ2) is 9.96. The van der Waals surface area contributed by atoms with E-state index in [4.69, 9.17) is 20.9 Å². The van der Waals surface area contributed by atoms with Crippen molar-refractivity contribution >= 4 is 35.5 Å². The van der Waals surface area contributed by atoms with Crippen molar-refractivity contribution in [2.24, 2.45) is 17.4 Å². The van der Waals surface area contributed by atoms with Crippen LogP contribution in [0.2, 0.25) is 0 Å². The van der Waals surface area contributed by atoms with E-state index >= 15 is 0 Å². The molecule has 0 unspecified atom stereocenters. The van der Waals surface area contributed by atoms with E-state index in [1.54, 1.807) is 0 Å². The number of fused-ring (bicyclic) bond motifs is 4. The van der Waals surface area contributed by atoms with Crippen LogP contribution in [0, 0.1) is 5.92 Å². The van der Waals surface area contributed by atoms with Crippen LogP contribution < -0.4 is 31.5 Å². The van der Waals surface area contributed by atoms with Crippen molar-refractivity contribution in [3.05, 3.63) is 22.5 Å². The predicted molar refractivity (Wildman–Crippen MR) is 143 cm³/mol. The Morgan fingerprint density at radius 1 is 1.03 bits per heavy atom. The van der Waals surface area contributed by atoms with Gasteiger partial charge in [0, 0.05) is 73.1 Å². The number of Topliss-reactive ketones (excluding diaryl/α,β-unsaturated/α-hetero) is 2. The number of ketones is 2. The van der Waals surface area contributed by atoms with Crippen molar-refractivity contribution in [1.29, 1.82) is 0 Å². The minimum atomic E-state index is -0.957. The van der Waals surface area contributed by atoms with Gasteiger partial charge in [-0.05, 0) is 6.92 Å². The molecule has 1 aromatic rings. The van der Waals surface area contributed by atoms with Crippen molar-refractivity contribution in [2.75, 3.05) is 77.2 Å². The third-order valence-corrected chi connectivity index (χ3v) is 7.27. The Bertz CT molecular complexity index is 1210. The van der Waals surface area contributed by atoms with E-state index in [-0.39, 0.29) is 41.3 Å². The summed E-state index contributed by atoms with van der Waals surface area (Å²) in [7, 11) is 13.0. The molecule has 2 saturated heterocycles. The molecule has 5 N–H and O–H groups in total. The van der Waals surface area contributed by atoms with Crippen LogP contribution in [0.1, 0.15) is 6.92 Å². The molecule has 15 nitrogen and oxygen atoms in total. The van der Waals surface area contributed by atoms with Crippen LogP contribution in [0.3, 0.4) is 0 Å². The molecule has 5 rings (SSSR count). The van der Waals surface area contributed by atoms with Crippen molar-refractivity contribution in [3.8, 4) is 0 Å². The van der Waals surface area contributed by atoms with Crippen LogP contribution in [0.25, 0.3) is 0 Å². The summed E-state index contributed by atoms with van der Waals surface area (Å²) >= 11 is 0. The van der Waals surface area contributed by atoms with E-state index in [1.165, 1.54) is 14.0 Å². The number of hydrogen-bond acceptors (Lipinski definition) is 14. The molecule has 0 spiro atoms. The van der Waals surface area contributed by atoms with Crippen molar-refractivity contribution in [3.63, 3.8) is 0 Å². The van der Waals surface area contributed by atoms with Gasteiger partial charge in [0.25, 0.3) is 0 Å². The standard InChI is InChI=1S/C15H18N4O5.C9H18N6/c1-5-9(16)12(21)8-6(4-24-14(17)22)15(23-2)13-7(18-13)3-19(15)10(8)11(5)20;1-13(2)7-10-8(14(3)4)12-9(11-7)15(5)6/h6-7,13,18H,3-4,16H2,1-2H3,(H2,17,22);1-6H3/t6-,7+,13+,15-;/m1./s1. The summed E-state index contributed by atoms with van der Waals surface area (Å²) in [6.07, 6.45) is -0.950. The number of nitrogens with one attached hydrogen (secondary N) is 1. The zero-order valence-electron chi connectivity index (χ0n) is 23.5. The van der Waals surface area contributed by atoms with Gasteiger partial charge >= 0.3 is 6.09 Å². The zero-order chi connectivity index (χ0) is 29.0. The minimum absolute atomic E-state index is 0.0586. The Morgan fingerprint density at radius 2 is 1.54 bits per heavy atom. The Kier molecular flexibility index (Phi) is 7.16. The van der Waals surface area contributed by atoms with E-state index in [2.05, 4.69) is 20.3 Å². The summed E-state index contributed by atoms with van der Waals surface area (Å²) in [5.74, 6) is 0.653. The Labute approximate surface area is 226 Å². The summed E-state index contributed by atoms with van der Waals surface area (Å²) in [5.41, 5.74) is 10.7. The second-order valence-corrected chi connectivity index (χ2v) is 10.4. The number of hydrogen-bond donors (Lipinski definition) is 3. The van der Waals surface area contributed by atoms with E-state index < -0.39 is 23.5 Å². The molecule has 1 amide bonds. The molecule has 3 aliphatic heterocycles. The fourth-order valence-electron chi connectivity index (χ4n) is 5.25. The molecule has 1 aromatic heterocycles. The summed E-state index contributed by atoms with van der Waals surface area (Å²) in [6, 6.07) is 0.109. The number of aromatic nitrogens is 3. The maximum Gasteiger partial charge on any atom is 0.404 e. The number of rotatable bonds is 6. The average Bonchev–Trinajstić information content (AvgIpc) is 3.50. The second-order valence-electron chi connectivity index (χ2n) is 10.4. The third kappa shape index (κ3) is 4.50. The SMILES string of the molecule is CN(C)c1nc(N(C)C)nc(N(C)C)n1.CO[C@@]12[C@H](COC(N)=O)C3=C(C(=O)C(C)=C(N)C3=O)N1C[C@@H]1N[C@@H]12. The van der Waals surface area contributed by atoms with Crippen LogP contribution in [0.15, 0.2) is 22.5 Å². The Balaban J connectivity index is 0.000000204. The molecule has 2 fully saturated rings. The van der Waals surface area contributed by atoms with Crippen LogP contribution in [0.4, 0.5) is 22.6 Å². The van der Waals surface area contributed by atoms with Crippen LogP contribution in [0.5, 0.6) is 0 Å². The van der Waals surface area contributed by atoms with Gasteiger partial charge in [0.2, 0.25) is 29.4 Å². The molecular weight excluding hydrogens is 508 g/mol. The summed E-state index contributed by atoms with van der Waals surface area (Å²) in [5, 5.41) is 3.28. The lowest BCUT2D eigenvalue weighted by Crippen LogP contribution is -2.55. The number of carbonyl (C=O) groups excluding carboxylic acids is 3. The van der Waals surface area contributed by atoms with E-state index in [0.717, 1.165) is 0 Å². The van der Waals surface area contributed by atoms with Gasteiger partial charge in [0.1, 0.15) is 6.61 Å². The number of carbonyl (C=O) groups is 3. The molecule has 4 aliphatic rings. The average molecular weight is 545 g/mol. The summed E-state index contributed by atoms with van der Waals surface area (Å²) in [6.45, 7) is 1.92. The van der Waals surface area contributed by atoms with Gasteiger partial charge in [-0.1, -0.05) is 0 Å². The van der Waals surface area contributed by atoms with Gasteiger partial charge in [0.15, 0.2) is 5.72 Å². The number of allylic oxidation sites excluding steroid dienone is 2. The van der Waals surface area contributed by atoms with E-state index in [1.807, 2.05) is 61.9 Å². The molecule has 0 saturated carbocycles. The smallest absolute Gasteiger partial charge is 0.404 e. The van der Waals surface area contributed by atoms with Crippen molar-refractivity contribution < 1.29 is 23.9 Å². The molecule has 0 aromatic carbocycles. The maximum absolute atomic E-state index is 12.8. The van der Waals surface area contributed by atoms with Gasteiger partial charge in [-0.2, -0.15) is 15.0 Å². The highest BCUT2D eigenvalue weighted by Gasteiger charge is 2.72. The molecule has 0 bridgehead atoms. The third-order valence-electron chi connectivity index (χ3n) is 7.27. The normalized spacial score (nSPS) is 26.5. The Morgan fingerprint density at radius 3 is 1.97 bits per heavy atom. The number of amides is 1. The number of nitrogens with two attached hydrogens (primary N) is 2. The zero-order valence-corrected chi connectivity index (χ0v) is 23.5. The summed E-state index contributed by atoms with van der Waals surface area (Å²) in [4.78, 5) is 57.0. The van der Waals surface area contributed by atoms with Gasteiger partial charge in [0.05, 0.1) is 23.4 Å². The highest BCUT2D eigenvalue weighted by atomic mass is 16.6. The first-order chi connectivity index (χ1) is 18.3. The number of nitrogens with zero attached hydrogens (tertiary/aromatic N) is 7. The summed E-state index contributed by atoms with van der Waals surface area (Å²) < 4.78 is 10.8. The number of piperazine rings is 1. The predicted octanol–water partition coefficient (Wildman–Crippen LogP) is -1.58. The number of primary amides is 1. The topological polar surface area (TPSA) is 195 Å². The van der Waals surface area contributed by atoms with Crippen LogP contribution >= 0.6 is 0 Å². The van der Waals surface area contributed by atoms with E-state index in [0.29, 0.717) is 30.1 Å². The van der Waals surface area contributed by atoms with Crippen molar-refractivity contribution in [2.45, 2.75) is 24.7 Å². The minimum Gasteiger partial charge on any atom is -0.449 e. The van der Waals surface area contributed by atoms with Crippen LogP contribution in [-0.4, -0.2) is 118 Å². The van der Waals surface area contributed by atoms with Gasteiger partial charge in [-0.3, -0.25) is 9.59 Å². The van der Waals surface area contributed by atoms with Gasteiger partial charge in [-0.15, -0.1) is 0 Å². The highest BCUT2D eigenvalue weighted by Crippen LogP contribution is 2.55. The fraction of sp³-hybridized carbons (Fsp3) is 0.583. The first kappa shape index (κ1) is 28.0. The lowest BCUT2D eigenvalue weighted by Gasteiger charge is -2.39. The monoisotopic (exact) mass is 544 g/mol. The molecule has 0 radical (unpaired) electrons. The fourth-order valence-corrected chi connectivity index (χ4v) is 5.25. The van der Waals surface area contributed by atoms with Crippen molar-refractivity contribution in [1.82, 2.24) is 25.2 Å². The first-order valence-corrected chi connectivity index (χ1v) is 12.3. The van der Waals surface area contributed by atoms with Gasteiger partial charge in [-0.25, -0.2) is 4.79 Å². The molecular formula is C24H36N10O5. The molecule has 212 valence electrons. The number of ether oxygens (including phenoxy) is 2. The lowest BCUT2D eigenvalue weighted by atomic mass is 9.82. The van der Waals surface area contributed by atoms with Gasteiger partial charge < -0.3 is 45.9 Å². The molecule has 39 heavy (non-hydrogen) atoms. The molecule has 4 atom stereocenters. The maximum atomic E-state index is 12.8. The molecule has 15 heteroatoms. The number of anilines is 3. The molecule has 1 aliphatic carbocycles.